The monoisotopic (exact) mass is 372 g/mol. The zero-order valence-corrected chi connectivity index (χ0v) is 16.2. The maximum absolute atomic E-state index is 11.5. The van der Waals surface area contributed by atoms with Crippen LogP contribution in [0, 0.1) is 17.3 Å². The molecular weight excluding hydrogens is 344 g/mol. The van der Waals surface area contributed by atoms with Crippen molar-refractivity contribution in [2.24, 2.45) is 17.3 Å². The molecule has 27 heavy (non-hydrogen) atoms. The van der Waals surface area contributed by atoms with Gasteiger partial charge >= 0.3 is 11.9 Å². The molecular formula is C22H28O5. The van der Waals surface area contributed by atoms with Crippen LogP contribution in [0.25, 0.3) is 0 Å². The second-order valence-corrected chi connectivity index (χ2v) is 8.75. The maximum atomic E-state index is 11.5. The highest BCUT2D eigenvalue weighted by Gasteiger charge is 2.59. The maximum Gasteiger partial charge on any atom is 0.308 e. The number of fused-ring (bicyclic) bond motifs is 5. The van der Waals surface area contributed by atoms with Crippen LogP contribution in [-0.2, 0) is 20.7 Å². The molecule has 5 nitrogen and oxygen atoms in total. The van der Waals surface area contributed by atoms with Crippen molar-refractivity contribution in [3.63, 3.8) is 0 Å². The predicted molar refractivity (Wildman–Crippen MR) is 99.3 cm³/mol. The molecule has 0 spiro atoms. The molecule has 3 aliphatic carbocycles. The molecule has 0 saturated heterocycles. The lowest BCUT2D eigenvalue weighted by Crippen LogP contribution is -2.46. The van der Waals surface area contributed by atoms with Crippen LogP contribution in [0.1, 0.15) is 63.5 Å². The summed E-state index contributed by atoms with van der Waals surface area (Å²) in [6.07, 6.45) is 3.72. The van der Waals surface area contributed by atoms with E-state index in [-0.39, 0.29) is 17.4 Å². The van der Waals surface area contributed by atoms with Crippen molar-refractivity contribution in [1.82, 2.24) is 0 Å². The molecule has 0 unspecified atom stereocenters. The molecule has 0 heterocycles. The zero-order chi connectivity index (χ0) is 19.3. The molecule has 4 rings (SSSR count). The van der Waals surface area contributed by atoms with Crippen LogP contribution in [0.5, 0.6) is 5.75 Å². The number of aliphatic hydroxyl groups excluding tert-OH is 1. The van der Waals surface area contributed by atoms with Crippen molar-refractivity contribution in [2.45, 2.75) is 71.0 Å². The average molecular weight is 372 g/mol. The van der Waals surface area contributed by atoms with E-state index in [1.807, 2.05) is 12.1 Å². The Morgan fingerprint density at radius 2 is 1.96 bits per heavy atom. The van der Waals surface area contributed by atoms with Gasteiger partial charge in [0.05, 0.1) is 6.10 Å². The van der Waals surface area contributed by atoms with Crippen LogP contribution in [-0.4, -0.2) is 29.3 Å². The van der Waals surface area contributed by atoms with Crippen molar-refractivity contribution in [3.8, 4) is 5.75 Å². The summed E-state index contributed by atoms with van der Waals surface area (Å²) < 4.78 is 10.8. The van der Waals surface area contributed by atoms with E-state index in [4.69, 9.17) is 9.47 Å². The normalized spacial score (nSPS) is 37.0. The highest BCUT2D eigenvalue weighted by molar-refractivity contribution is 5.69. The summed E-state index contributed by atoms with van der Waals surface area (Å²) in [7, 11) is 0. The molecule has 5 heteroatoms. The molecule has 2 fully saturated rings. The predicted octanol–water partition coefficient (Wildman–Crippen LogP) is 3.37. The molecule has 1 aromatic carbocycles. The Balaban J connectivity index is 1.61. The van der Waals surface area contributed by atoms with E-state index in [0.717, 1.165) is 25.7 Å². The quantitative estimate of drug-likeness (QED) is 0.636. The van der Waals surface area contributed by atoms with Gasteiger partial charge < -0.3 is 14.6 Å². The Labute approximate surface area is 160 Å². The number of esters is 2. The van der Waals surface area contributed by atoms with E-state index >= 15 is 0 Å². The summed E-state index contributed by atoms with van der Waals surface area (Å²) in [6, 6.07) is 6.01. The van der Waals surface area contributed by atoms with Gasteiger partial charge in [0.2, 0.25) is 0 Å². The van der Waals surface area contributed by atoms with Crippen LogP contribution in [0.3, 0.4) is 0 Å². The molecule has 1 aromatic rings. The molecule has 146 valence electrons. The number of benzene rings is 1. The fourth-order valence-corrected chi connectivity index (χ4v) is 6.15. The smallest absolute Gasteiger partial charge is 0.308 e. The average Bonchev–Trinajstić information content (AvgIpc) is 2.85. The number of aryl methyl sites for hydroxylation is 1. The third kappa shape index (κ3) is 3.06. The van der Waals surface area contributed by atoms with E-state index < -0.39 is 12.2 Å². The summed E-state index contributed by atoms with van der Waals surface area (Å²) >= 11 is 0. The Hall–Kier alpha value is -1.88. The van der Waals surface area contributed by atoms with Gasteiger partial charge in [0.25, 0.3) is 0 Å². The molecule has 3 aliphatic rings. The van der Waals surface area contributed by atoms with Gasteiger partial charge in [-0.25, -0.2) is 0 Å². The van der Waals surface area contributed by atoms with Gasteiger partial charge in [-0.15, -0.1) is 0 Å². The Kier molecular flexibility index (Phi) is 4.53. The van der Waals surface area contributed by atoms with Crippen molar-refractivity contribution in [2.75, 3.05) is 0 Å². The molecule has 0 amide bonds. The van der Waals surface area contributed by atoms with Gasteiger partial charge in [0, 0.05) is 19.3 Å². The zero-order valence-electron chi connectivity index (χ0n) is 16.2. The largest absolute Gasteiger partial charge is 0.459 e. The second-order valence-electron chi connectivity index (χ2n) is 8.75. The van der Waals surface area contributed by atoms with Gasteiger partial charge in [0.1, 0.15) is 11.9 Å². The van der Waals surface area contributed by atoms with Crippen LogP contribution in [0.15, 0.2) is 18.2 Å². The van der Waals surface area contributed by atoms with E-state index in [9.17, 15) is 14.7 Å². The first kappa shape index (κ1) is 18.5. The minimum absolute atomic E-state index is 0.151. The summed E-state index contributed by atoms with van der Waals surface area (Å²) in [5.41, 5.74) is 2.48. The lowest BCUT2D eigenvalue weighted by molar-refractivity contribution is -0.161. The summed E-state index contributed by atoms with van der Waals surface area (Å²) in [6.45, 7) is 5.03. The van der Waals surface area contributed by atoms with Crippen molar-refractivity contribution < 1.29 is 24.2 Å². The SMILES string of the molecule is CC(=O)Oc1ccc2c(c1)CC[C@@H]1[C@@H]2CC[C@@]2(C)[C@H]1C[C@@H](O)[C@@H]2OC(C)=O. The third-order valence-corrected chi connectivity index (χ3v) is 7.19. The Bertz CT molecular complexity index is 772. The van der Waals surface area contributed by atoms with E-state index in [2.05, 4.69) is 13.0 Å². The van der Waals surface area contributed by atoms with Crippen LogP contribution < -0.4 is 4.74 Å². The molecule has 0 bridgehead atoms. The summed E-state index contributed by atoms with van der Waals surface area (Å²) in [5.74, 6) is 1.32. The number of aliphatic hydroxyl groups is 1. The highest BCUT2D eigenvalue weighted by atomic mass is 16.6. The topological polar surface area (TPSA) is 72.8 Å². The highest BCUT2D eigenvalue weighted by Crippen LogP contribution is 2.61. The first-order valence-electron chi connectivity index (χ1n) is 9.96. The van der Waals surface area contributed by atoms with Crippen LogP contribution in [0.4, 0.5) is 0 Å². The Morgan fingerprint density at radius 1 is 1.19 bits per heavy atom. The number of carbonyl (C=O) groups is 2. The number of rotatable bonds is 2. The van der Waals surface area contributed by atoms with Gasteiger partial charge in [-0.1, -0.05) is 13.0 Å². The number of carbonyl (C=O) groups excluding carboxylic acids is 2. The molecule has 6 atom stereocenters. The number of ether oxygens (including phenoxy) is 2. The fraction of sp³-hybridized carbons (Fsp3) is 0.636. The van der Waals surface area contributed by atoms with Gasteiger partial charge in [0.15, 0.2) is 0 Å². The van der Waals surface area contributed by atoms with E-state index in [0.29, 0.717) is 29.9 Å². The van der Waals surface area contributed by atoms with Gasteiger partial charge in [-0.2, -0.15) is 0 Å². The Morgan fingerprint density at radius 3 is 2.67 bits per heavy atom. The molecule has 0 radical (unpaired) electrons. The molecule has 0 aliphatic heterocycles. The fourth-order valence-electron chi connectivity index (χ4n) is 6.15. The van der Waals surface area contributed by atoms with Crippen molar-refractivity contribution >= 4 is 11.9 Å². The summed E-state index contributed by atoms with van der Waals surface area (Å²) in [4.78, 5) is 22.8. The minimum atomic E-state index is -0.574. The summed E-state index contributed by atoms with van der Waals surface area (Å²) in [5, 5.41) is 10.6. The number of hydrogen-bond donors (Lipinski definition) is 1. The van der Waals surface area contributed by atoms with E-state index in [1.165, 1.54) is 25.0 Å². The first-order chi connectivity index (χ1) is 12.8. The second kappa shape index (κ2) is 6.62. The lowest BCUT2D eigenvalue weighted by Gasteiger charge is -2.50. The van der Waals surface area contributed by atoms with Gasteiger partial charge in [-0.3, -0.25) is 9.59 Å². The minimum Gasteiger partial charge on any atom is -0.459 e. The molecule has 0 aromatic heterocycles. The molecule has 1 N–H and O–H groups in total. The first-order valence-corrected chi connectivity index (χ1v) is 9.96. The third-order valence-electron chi connectivity index (χ3n) is 7.19. The van der Waals surface area contributed by atoms with Gasteiger partial charge in [-0.05, 0) is 73.1 Å². The standard InChI is InChI=1S/C22H28O5/c1-12(23)26-15-5-7-16-14(10-15)4-6-18-17(16)8-9-22(3)19(18)11-20(25)21(22)27-13(2)24/h5,7,10,17-21,25H,4,6,8-9,11H2,1-3H3/t17-,18-,19+,20-,21+,22+/m1/s1. The molecule has 2 saturated carbocycles. The van der Waals surface area contributed by atoms with Crippen molar-refractivity contribution in [1.29, 1.82) is 0 Å². The number of hydrogen-bond acceptors (Lipinski definition) is 5. The van der Waals surface area contributed by atoms with Crippen LogP contribution >= 0.6 is 0 Å². The van der Waals surface area contributed by atoms with Crippen LogP contribution in [0.2, 0.25) is 0 Å². The lowest BCUT2D eigenvalue weighted by atomic mass is 9.55. The van der Waals surface area contributed by atoms with E-state index in [1.54, 1.807) is 0 Å². The van der Waals surface area contributed by atoms with Crippen molar-refractivity contribution in [3.05, 3.63) is 29.3 Å².